The number of nitrogens with two attached hydrogens (primary N) is 1. The summed E-state index contributed by atoms with van der Waals surface area (Å²) in [6, 6.07) is 1.41. The summed E-state index contributed by atoms with van der Waals surface area (Å²) in [5.74, 6) is -0.654. The summed E-state index contributed by atoms with van der Waals surface area (Å²) in [6.07, 6.45) is 2.38. The molecule has 1 heterocycles. The predicted molar refractivity (Wildman–Crippen MR) is 68.2 cm³/mol. The molecular formula is C12H19N3O2. The molecule has 94 valence electrons. The number of nitrogens with zero attached hydrogens (tertiary/aromatic N) is 1. The zero-order valence-electron chi connectivity index (χ0n) is 10.4. The van der Waals surface area contributed by atoms with Crippen LogP contribution in [0, 0.1) is 5.41 Å². The molecule has 17 heavy (non-hydrogen) atoms. The van der Waals surface area contributed by atoms with Crippen LogP contribution in [0.3, 0.4) is 0 Å². The standard InChI is InChI=1S/C12H19N3O2/c1-12(2,3)4-5-14-10-9(11(16)17)6-8(13)7-15-10/h6-7H,4-5,13H2,1-3H3,(H,14,15)(H,16,17). The van der Waals surface area contributed by atoms with Crippen molar-refractivity contribution in [3.05, 3.63) is 17.8 Å². The normalized spacial score (nSPS) is 11.2. The molecule has 0 radical (unpaired) electrons. The quantitative estimate of drug-likeness (QED) is 0.747. The first-order valence-electron chi connectivity index (χ1n) is 5.52. The van der Waals surface area contributed by atoms with Crippen LogP contribution in [-0.4, -0.2) is 22.6 Å². The fraction of sp³-hybridized carbons (Fsp3) is 0.500. The summed E-state index contributed by atoms with van der Waals surface area (Å²) in [4.78, 5) is 15.0. The second-order valence-corrected chi connectivity index (χ2v) is 5.21. The van der Waals surface area contributed by atoms with E-state index in [4.69, 9.17) is 10.8 Å². The summed E-state index contributed by atoms with van der Waals surface area (Å²) in [7, 11) is 0. The molecule has 0 aliphatic carbocycles. The average Bonchev–Trinajstić information content (AvgIpc) is 2.18. The van der Waals surface area contributed by atoms with Crippen LogP contribution in [0.4, 0.5) is 11.5 Å². The predicted octanol–water partition coefficient (Wildman–Crippen LogP) is 2.21. The van der Waals surface area contributed by atoms with Gasteiger partial charge in [-0.2, -0.15) is 0 Å². The molecule has 0 aliphatic rings. The number of carbonyl (C=O) groups is 1. The van der Waals surface area contributed by atoms with E-state index in [2.05, 4.69) is 31.1 Å². The number of pyridine rings is 1. The molecule has 0 atom stereocenters. The molecule has 0 amide bonds. The van der Waals surface area contributed by atoms with Crippen LogP contribution in [0.5, 0.6) is 0 Å². The van der Waals surface area contributed by atoms with Gasteiger partial charge in [-0.1, -0.05) is 20.8 Å². The van der Waals surface area contributed by atoms with E-state index in [-0.39, 0.29) is 11.0 Å². The van der Waals surface area contributed by atoms with Crippen LogP contribution in [-0.2, 0) is 0 Å². The number of aromatic nitrogens is 1. The molecule has 1 rings (SSSR count). The first-order chi connectivity index (χ1) is 7.79. The molecule has 1 aromatic heterocycles. The van der Waals surface area contributed by atoms with Crippen LogP contribution in [0.2, 0.25) is 0 Å². The van der Waals surface area contributed by atoms with Gasteiger partial charge in [0.2, 0.25) is 0 Å². The van der Waals surface area contributed by atoms with E-state index < -0.39 is 5.97 Å². The van der Waals surface area contributed by atoms with Gasteiger partial charge in [0.25, 0.3) is 0 Å². The number of hydrogen-bond donors (Lipinski definition) is 3. The number of aromatic carboxylic acids is 1. The molecule has 0 spiro atoms. The van der Waals surface area contributed by atoms with Crippen LogP contribution >= 0.6 is 0 Å². The number of rotatable bonds is 4. The second kappa shape index (κ2) is 5.03. The van der Waals surface area contributed by atoms with Crippen molar-refractivity contribution in [1.82, 2.24) is 4.98 Å². The summed E-state index contributed by atoms with van der Waals surface area (Å²) in [6.45, 7) is 7.07. The molecular weight excluding hydrogens is 218 g/mol. The van der Waals surface area contributed by atoms with Crippen LogP contribution in [0.15, 0.2) is 12.3 Å². The summed E-state index contributed by atoms with van der Waals surface area (Å²) < 4.78 is 0. The highest BCUT2D eigenvalue weighted by molar-refractivity contribution is 5.94. The maximum Gasteiger partial charge on any atom is 0.339 e. The van der Waals surface area contributed by atoms with Crippen molar-refractivity contribution in [3.8, 4) is 0 Å². The fourth-order valence-corrected chi connectivity index (χ4v) is 1.34. The van der Waals surface area contributed by atoms with Gasteiger partial charge in [0, 0.05) is 6.54 Å². The number of anilines is 2. The van der Waals surface area contributed by atoms with Gasteiger partial charge in [-0.3, -0.25) is 0 Å². The minimum atomic E-state index is -1.02. The third-order valence-electron chi connectivity index (χ3n) is 2.31. The first-order valence-corrected chi connectivity index (χ1v) is 5.52. The smallest absolute Gasteiger partial charge is 0.339 e. The molecule has 0 fully saturated rings. The van der Waals surface area contributed by atoms with E-state index >= 15 is 0 Å². The third-order valence-corrected chi connectivity index (χ3v) is 2.31. The molecule has 0 aliphatic heterocycles. The van der Waals surface area contributed by atoms with Gasteiger partial charge in [-0.05, 0) is 17.9 Å². The Kier molecular flexibility index (Phi) is 3.93. The maximum absolute atomic E-state index is 11.0. The van der Waals surface area contributed by atoms with Gasteiger partial charge in [0.1, 0.15) is 11.4 Å². The summed E-state index contributed by atoms with van der Waals surface area (Å²) in [5, 5.41) is 12.0. The number of carboxylic acids is 1. The zero-order chi connectivity index (χ0) is 13.1. The SMILES string of the molecule is CC(C)(C)CCNc1ncc(N)cc1C(=O)O. The number of hydrogen-bond acceptors (Lipinski definition) is 4. The molecule has 1 aromatic rings. The number of nitrogens with one attached hydrogen (secondary N) is 1. The largest absolute Gasteiger partial charge is 0.478 e. The average molecular weight is 237 g/mol. The van der Waals surface area contributed by atoms with E-state index in [9.17, 15) is 4.79 Å². The number of nitrogen functional groups attached to an aromatic ring is 1. The van der Waals surface area contributed by atoms with Crippen molar-refractivity contribution in [2.24, 2.45) is 5.41 Å². The Morgan fingerprint density at radius 1 is 1.53 bits per heavy atom. The molecule has 0 bridgehead atoms. The van der Waals surface area contributed by atoms with Gasteiger partial charge in [0.05, 0.1) is 11.9 Å². The van der Waals surface area contributed by atoms with Crippen LogP contribution in [0.25, 0.3) is 0 Å². The minimum Gasteiger partial charge on any atom is -0.478 e. The van der Waals surface area contributed by atoms with Gasteiger partial charge in [0.15, 0.2) is 0 Å². The molecule has 5 nitrogen and oxygen atoms in total. The van der Waals surface area contributed by atoms with Crippen molar-refractivity contribution < 1.29 is 9.90 Å². The van der Waals surface area contributed by atoms with Crippen molar-refractivity contribution in [2.75, 3.05) is 17.6 Å². The van der Waals surface area contributed by atoms with Gasteiger partial charge >= 0.3 is 5.97 Å². The Bertz CT molecular complexity index is 411. The Balaban J connectivity index is 2.74. The molecule has 0 unspecified atom stereocenters. The highest BCUT2D eigenvalue weighted by atomic mass is 16.4. The molecule has 0 aromatic carbocycles. The first kappa shape index (κ1) is 13.3. The highest BCUT2D eigenvalue weighted by Gasteiger charge is 2.13. The Labute approximate surface area is 101 Å². The Hall–Kier alpha value is -1.78. The van der Waals surface area contributed by atoms with E-state index in [1.54, 1.807) is 0 Å². The lowest BCUT2D eigenvalue weighted by Gasteiger charge is -2.18. The van der Waals surface area contributed by atoms with Gasteiger partial charge in [-0.25, -0.2) is 9.78 Å². The van der Waals surface area contributed by atoms with Crippen molar-refractivity contribution in [1.29, 1.82) is 0 Å². The third kappa shape index (κ3) is 4.30. The lowest BCUT2D eigenvalue weighted by atomic mass is 9.92. The lowest BCUT2D eigenvalue weighted by Crippen LogP contribution is -2.15. The molecule has 0 saturated carbocycles. The maximum atomic E-state index is 11.0. The highest BCUT2D eigenvalue weighted by Crippen LogP contribution is 2.20. The number of carboxylic acid groups (broad SMARTS) is 1. The van der Waals surface area contributed by atoms with Gasteiger partial charge < -0.3 is 16.2 Å². The minimum absolute atomic E-state index is 0.110. The van der Waals surface area contributed by atoms with Crippen molar-refractivity contribution >= 4 is 17.5 Å². The molecule has 0 saturated heterocycles. The topological polar surface area (TPSA) is 88.2 Å². The van der Waals surface area contributed by atoms with Crippen LogP contribution < -0.4 is 11.1 Å². The zero-order valence-corrected chi connectivity index (χ0v) is 10.4. The lowest BCUT2D eigenvalue weighted by molar-refractivity contribution is 0.0697. The van der Waals surface area contributed by atoms with Crippen molar-refractivity contribution in [3.63, 3.8) is 0 Å². The second-order valence-electron chi connectivity index (χ2n) is 5.21. The van der Waals surface area contributed by atoms with Crippen molar-refractivity contribution in [2.45, 2.75) is 27.2 Å². The monoisotopic (exact) mass is 237 g/mol. The Morgan fingerprint density at radius 3 is 2.71 bits per heavy atom. The van der Waals surface area contributed by atoms with Gasteiger partial charge in [-0.15, -0.1) is 0 Å². The van der Waals surface area contributed by atoms with E-state index in [0.29, 0.717) is 18.1 Å². The van der Waals surface area contributed by atoms with E-state index in [1.807, 2.05) is 0 Å². The summed E-state index contributed by atoms with van der Waals surface area (Å²) >= 11 is 0. The van der Waals surface area contributed by atoms with E-state index in [0.717, 1.165) is 6.42 Å². The summed E-state index contributed by atoms with van der Waals surface area (Å²) in [5.41, 5.74) is 6.17. The van der Waals surface area contributed by atoms with E-state index in [1.165, 1.54) is 12.3 Å². The molecule has 5 heteroatoms. The fourth-order valence-electron chi connectivity index (χ4n) is 1.34. The molecule has 4 N–H and O–H groups in total. The van der Waals surface area contributed by atoms with Crippen LogP contribution in [0.1, 0.15) is 37.6 Å². The Morgan fingerprint density at radius 2 is 2.18 bits per heavy atom.